The second-order valence-electron chi connectivity index (χ2n) is 9.74. The third kappa shape index (κ3) is 6.68. The molecule has 0 aromatic heterocycles. The van der Waals surface area contributed by atoms with Gasteiger partial charge in [0.05, 0.1) is 0 Å². The van der Waals surface area contributed by atoms with Crippen molar-refractivity contribution in [3.05, 3.63) is 35.6 Å². The van der Waals surface area contributed by atoms with Crippen molar-refractivity contribution in [3.63, 3.8) is 0 Å². The lowest BCUT2D eigenvalue weighted by Gasteiger charge is -2.41. The molecule has 0 saturated carbocycles. The number of rotatable bonds is 4. The van der Waals surface area contributed by atoms with Gasteiger partial charge >= 0.3 is 6.09 Å². The van der Waals surface area contributed by atoms with Crippen LogP contribution in [0.3, 0.4) is 0 Å². The van der Waals surface area contributed by atoms with E-state index in [1.807, 2.05) is 37.8 Å². The van der Waals surface area contributed by atoms with E-state index >= 15 is 0 Å². The first-order chi connectivity index (χ1) is 13.7. The normalized spacial score (nSPS) is 26.4. The fraction of sp³-hybridized carbons (Fsp3) is 0.696. The highest BCUT2D eigenvalue weighted by atomic mass is 19.1. The number of nitrogens with zero attached hydrogens (tertiary/aromatic N) is 2. The molecule has 6 heteroatoms. The summed E-state index contributed by atoms with van der Waals surface area (Å²) in [6, 6.07) is 6.99. The van der Waals surface area contributed by atoms with Crippen LogP contribution >= 0.6 is 0 Å². The third-order valence-corrected chi connectivity index (χ3v) is 5.98. The molecule has 1 aromatic carbocycles. The summed E-state index contributed by atoms with van der Waals surface area (Å²) < 4.78 is 18.7. The van der Waals surface area contributed by atoms with Gasteiger partial charge in [-0.1, -0.05) is 12.1 Å². The van der Waals surface area contributed by atoms with Gasteiger partial charge in [-0.3, -0.25) is 0 Å². The van der Waals surface area contributed by atoms with E-state index in [1.54, 1.807) is 12.1 Å². The largest absolute Gasteiger partial charge is 0.444 e. The molecule has 1 unspecified atom stereocenters. The molecule has 162 valence electrons. The number of hydrogen-bond donors (Lipinski definition) is 1. The van der Waals surface area contributed by atoms with Crippen molar-refractivity contribution in [2.24, 2.45) is 17.6 Å². The molecule has 2 heterocycles. The molecule has 2 fully saturated rings. The zero-order valence-corrected chi connectivity index (χ0v) is 18.1. The van der Waals surface area contributed by atoms with E-state index < -0.39 is 5.60 Å². The summed E-state index contributed by atoms with van der Waals surface area (Å²) in [6.07, 6.45) is 3.94. The molecule has 0 radical (unpaired) electrons. The van der Waals surface area contributed by atoms with Crippen LogP contribution in [0, 0.1) is 17.7 Å². The van der Waals surface area contributed by atoms with Crippen molar-refractivity contribution < 1.29 is 13.9 Å². The SMILES string of the molecule is CC(C)(C)OC(=O)N1CC[C@H](N)[C@H](CN2CCCC(Cc3ccc(F)cc3)C2)C1. The van der Waals surface area contributed by atoms with Crippen LogP contribution in [-0.2, 0) is 11.2 Å². The Kier molecular flexibility index (Phi) is 7.17. The highest BCUT2D eigenvalue weighted by Crippen LogP contribution is 2.25. The van der Waals surface area contributed by atoms with E-state index in [9.17, 15) is 9.18 Å². The summed E-state index contributed by atoms with van der Waals surface area (Å²) in [7, 11) is 0. The maximum Gasteiger partial charge on any atom is 0.410 e. The fourth-order valence-corrected chi connectivity index (χ4v) is 4.50. The predicted octanol–water partition coefficient (Wildman–Crippen LogP) is 3.66. The van der Waals surface area contributed by atoms with Gasteiger partial charge in [-0.15, -0.1) is 0 Å². The lowest BCUT2D eigenvalue weighted by Crippen LogP contribution is -2.54. The van der Waals surface area contributed by atoms with Gasteiger partial charge in [-0.05, 0) is 76.6 Å². The molecule has 0 bridgehead atoms. The lowest BCUT2D eigenvalue weighted by molar-refractivity contribution is 0.0109. The number of carbonyl (C=O) groups excluding carboxylic acids is 1. The number of amides is 1. The quantitative estimate of drug-likeness (QED) is 0.830. The summed E-state index contributed by atoms with van der Waals surface area (Å²) in [5.74, 6) is 0.664. The van der Waals surface area contributed by atoms with Crippen LogP contribution in [0.2, 0.25) is 0 Å². The predicted molar refractivity (Wildman–Crippen MR) is 113 cm³/mol. The Bertz CT molecular complexity index is 674. The number of hydrogen-bond acceptors (Lipinski definition) is 4. The van der Waals surface area contributed by atoms with Crippen molar-refractivity contribution in [1.82, 2.24) is 9.80 Å². The number of ether oxygens (including phenoxy) is 1. The molecule has 5 nitrogen and oxygen atoms in total. The molecule has 3 rings (SSSR count). The summed E-state index contributed by atoms with van der Waals surface area (Å²) >= 11 is 0. The van der Waals surface area contributed by atoms with E-state index in [0.717, 1.165) is 32.5 Å². The van der Waals surface area contributed by atoms with Crippen LogP contribution in [0.15, 0.2) is 24.3 Å². The Morgan fingerprint density at radius 1 is 1.17 bits per heavy atom. The summed E-state index contributed by atoms with van der Waals surface area (Å²) in [4.78, 5) is 16.8. The monoisotopic (exact) mass is 405 g/mol. The molecule has 29 heavy (non-hydrogen) atoms. The zero-order chi connectivity index (χ0) is 21.0. The number of likely N-dealkylation sites (tertiary alicyclic amines) is 2. The van der Waals surface area contributed by atoms with Gasteiger partial charge in [-0.2, -0.15) is 0 Å². The second kappa shape index (κ2) is 9.43. The lowest BCUT2D eigenvalue weighted by atomic mass is 9.88. The first-order valence-corrected chi connectivity index (χ1v) is 10.9. The maximum absolute atomic E-state index is 13.1. The van der Waals surface area contributed by atoms with Crippen LogP contribution < -0.4 is 5.73 Å². The maximum atomic E-state index is 13.1. The van der Waals surface area contributed by atoms with E-state index in [-0.39, 0.29) is 23.9 Å². The van der Waals surface area contributed by atoms with Crippen LogP contribution in [0.5, 0.6) is 0 Å². The summed E-state index contributed by atoms with van der Waals surface area (Å²) in [6.45, 7) is 10.0. The Balaban J connectivity index is 1.53. The van der Waals surface area contributed by atoms with E-state index in [1.165, 1.54) is 18.4 Å². The number of piperidine rings is 2. The Morgan fingerprint density at radius 2 is 1.90 bits per heavy atom. The molecule has 2 saturated heterocycles. The average Bonchev–Trinajstić information content (AvgIpc) is 2.64. The molecule has 0 aliphatic carbocycles. The van der Waals surface area contributed by atoms with Crippen LogP contribution in [0.4, 0.5) is 9.18 Å². The van der Waals surface area contributed by atoms with E-state index in [2.05, 4.69) is 4.90 Å². The second-order valence-corrected chi connectivity index (χ2v) is 9.74. The van der Waals surface area contributed by atoms with Crippen molar-refractivity contribution in [1.29, 1.82) is 0 Å². The average molecular weight is 406 g/mol. The summed E-state index contributed by atoms with van der Waals surface area (Å²) in [5, 5.41) is 0. The van der Waals surface area contributed by atoms with Crippen molar-refractivity contribution in [2.75, 3.05) is 32.7 Å². The van der Waals surface area contributed by atoms with Gasteiger partial charge < -0.3 is 20.3 Å². The van der Waals surface area contributed by atoms with Crippen LogP contribution in [0.1, 0.15) is 45.6 Å². The number of benzene rings is 1. The van der Waals surface area contributed by atoms with E-state index in [0.29, 0.717) is 19.0 Å². The Labute approximate surface area is 174 Å². The molecule has 2 N–H and O–H groups in total. The van der Waals surface area contributed by atoms with Crippen molar-refractivity contribution in [3.8, 4) is 0 Å². The molecule has 3 atom stereocenters. The van der Waals surface area contributed by atoms with Gasteiger partial charge in [0.1, 0.15) is 11.4 Å². The first kappa shape index (κ1) is 22.0. The Hall–Kier alpha value is -1.66. The van der Waals surface area contributed by atoms with E-state index in [4.69, 9.17) is 10.5 Å². The smallest absolute Gasteiger partial charge is 0.410 e. The number of carbonyl (C=O) groups is 1. The molecule has 0 spiro atoms. The van der Waals surface area contributed by atoms with Crippen LogP contribution in [-0.4, -0.2) is 60.3 Å². The van der Waals surface area contributed by atoms with Crippen LogP contribution in [0.25, 0.3) is 0 Å². The minimum atomic E-state index is -0.480. The molecule has 1 amide bonds. The van der Waals surface area contributed by atoms with Gasteiger partial charge in [0.2, 0.25) is 0 Å². The Morgan fingerprint density at radius 3 is 2.59 bits per heavy atom. The molecule has 2 aliphatic heterocycles. The molecule has 1 aromatic rings. The zero-order valence-electron chi connectivity index (χ0n) is 18.1. The van der Waals surface area contributed by atoms with Gasteiger partial charge in [-0.25, -0.2) is 9.18 Å². The standard InChI is InChI=1S/C23H36FN3O2/c1-23(2,3)29-22(28)27-12-10-21(25)19(16-27)15-26-11-4-5-18(14-26)13-17-6-8-20(24)9-7-17/h6-9,18-19,21H,4-5,10-16,25H2,1-3H3/t18?,19-,21+/m1/s1. The number of nitrogens with two attached hydrogens (primary N) is 1. The highest BCUT2D eigenvalue weighted by molar-refractivity contribution is 5.68. The molecular formula is C23H36FN3O2. The molecular weight excluding hydrogens is 369 g/mol. The minimum Gasteiger partial charge on any atom is -0.444 e. The third-order valence-electron chi connectivity index (χ3n) is 5.98. The van der Waals surface area contributed by atoms with Gasteiger partial charge in [0, 0.05) is 38.1 Å². The minimum absolute atomic E-state index is 0.117. The van der Waals surface area contributed by atoms with Crippen molar-refractivity contribution >= 4 is 6.09 Å². The number of halogens is 1. The summed E-state index contributed by atoms with van der Waals surface area (Å²) in [5.41, 5.74) is 7.14. The van der Waals surface area contributed by atoms with Gasteiger partial charge in [0.25, 0.3) is 0 Å². The first-order valence-electron chi connectivity index (χ1n) is 10.9. The fourth-order valence-electron chi connectivity index (χ4n) is 4.50. The topological polar surface area (TPSA) is 58.8 Å². The highest BCUT2D eigenvalue weighted by Gasteiger charge is 2.33. The molecule has 2 aliphatic rings. The van der Waals surface area contributed by atoms with Gasteiger partial charge in [0.15, 0.2) is 0 Å². The van der Waals surface area contributed by atoms with Crippen molar-refractivity contribution in [2.45, 2.75) is 58.1 Å².